The second-order valence-corrected chi connectivity index (χ2v) is 6.78. The predicted octanol–water partition coefficient (Wildman–Crippen LogP) is 2.01. The average Bonchev–Trinajstić information content (AvgIpc) is 3.05. The Morgan fingerprint density at radius 3 is 3.05 bits per heavy atom. The fourth-order valence-electron chi connectivity index (χ4n) is 4.58. The zero-order chi connectivity index (χ0) is 13.5. The molecule has 3 heterocycles. The molecule has 2 fully saturated rings. The molecule has 1 aliphatic carbocycles. The second kappa shape index (κ2) is 5.15. The molecule has 0 saturated carbocycles. The van der Waals surface area contributed by atoms with Crippen molar-refractivity contribution in [3.05, 3.63) is 17.5 Å². The van der Waals surface area contributed by atoms with Crippen molar-refractivity contribution in [1.29, 1.82) is 0 Å². The lowest BCUT2D eigenvalue weighted by atomic mass is 9.91. The van der Waals surface area contributed by atoms with Crippen molar-refractivity contribution in [2.45, 2.75) is 63.1 Å². The molecule has 0 radical (unpaired) electrons. The number of fused-ring (bicyclic) bond motifs is 2. The fourth-order valence-corrected chi connectivity index (χ4v) is 4.58. The Hall–Kier alpha value is -0.870. The number of piperidine rings is 1. The van der Waals surface area contributed by atoms with Gasteiger partial charge in [0, 0.05) is 43.0 Å². The summed E-state index contributed by atoms with van der Waals surface area (Å²) in [6.07, 6.45) is 11.4. The largest absolute Gasteiger partial charge is 0.305 e. The van der Waals surface area contributed by atoms with Crippen molar-refractivity contribution in [3.8, 4) is 0 Å². The minimum Gasteiger partial charge on any atom is -0.305 e. The lowest BCUT2D eigenvalue weighted by molar-refractivity contribution is 0.175. The highest BCUT2D eigenvalue weighted by molar-refractivity contribution is 5.25. The van der Waals surface area contributed by atoms with E-state index in [4.69, 9.17) is 0 Å². The SMILES string of the molecule is Cn1ncc2c1CCCC2NC1CCN2CCCCC12. The van der Waals surface area contributed by atoms with Crippen LogP contribution in [0.4, 0.5) is 0 Å². The van der Waals surface area contributed by atoms with E-state index in [0.717, 1.165) is 6.04 Å². The Balaban J connectivity index is 1.50. The van der Waals surface area contributed by atoms with Crippen LogP contribution in [0.5, 0.6) is 0 Å². The van der Waals surface area contributed by atoms with Gasteiger partial charge in [-0.25, -0.2) is 0 Å². The van der Waals surface area contributed by atoms with Crippen LogP contribution in [0.2, 0.25) is 0 Å². The number of hydrogen-bond donors (Lipinski definition) is 1. The van der Waals surface area contributed by atoms with E-state index < -0.39 is 0 Å². The van der Waals surface area contributed by atoms with Crippen molar-refractivity contribution in [2.24, 2.45) is 7.05 Å². The first-order valence-electron chi connectivity index (χ1n) is 8.34. The van der Waals surface area contributed by atoms with Crippen molar-refractivity contribution < 1.29 is 0 Å². The van der Waals surface area contributed by atoms with Gasteiger partial charge in [0.25, 0.3) is 0 Å². The number of aromatic nitrogens is 2. The molecule has 2 aliphatic heterocycles. The van der Waals surface area contributed by atoms with Crippen LogP contribution in [-0.2, 0) is 13.5 Å². The summed E-state index contributed by atoms with van der Waals surface area (Å²) in [5.41, 5.74) is 2.92. The van der Waals surface area contributed by atoms with Gasteiger partial charge in [0.15, 0.2) is 0 Å². The number of nitrogens with zero attached hydrogens (tertiary/aromatic N) is 3. The first-order chi connectivity index (χ1) is 9.83. The monoisotopic (exact) mass is 274 g/mol. The van der Waals surface area contributed by atoms with Gasteiger partial charge < -0.3 is 5.32 Å². The molecule has 2 saturated heterocycles. The summed E-state index contributed by atoms with van der Waals surface area (Å²) >= 11 is 0. The maximum absolute atomic E-state index is 4.47. The van der Waals surface area contributed by atoms with Gasteiger partial charge >= 0.3 is 0 Å². The molecule has 3 aliphatic rings. The summed E-state index contributed by atoms with van der Waals surface area (Å²) in [5, 5.41) is 8.46. The number of rotatable bonds is 2. The summed E-state index contributed by atoms with van der Waals surface area (Å²) in [5.74, 6) is 0. The van der Waals surface area contributed by atoms with E-state index in [2.05, 4.69) is 33.2 Å². The standard InChI is InChI=1S/C16H26N4/c1-19-15-7-4-5-13(12(15)11-17-19)18-14-8-10-20-9-3-2-6-16(14)20/h11,13-14,16,18H,2-10H2,1H3. The molecule has 20 heavy (non-hydrogen) atoms. The van der Waals surface area contributed by atoms with Crippen LogP contribution in [0.25, 0.3) is 0 Å². The molecule has 1 N–H and O–H groups in total. The van der Waals surface area contributed by atoms with Gasteiger partial charge in [0.2, 0.25) is 0 Å². The third-order valence-corrected chi connectivity index (χ3v) is 5.65. The molecule has 4 nitrogen and oxygen atoms in total. The third-order valence-electron chi connectivity index (χ3n) is 5.65. The minimum absolute atomic E-state index is 0.541. The number of aryl methyl sites for hydroxylation is 1. The Morgan fingerprint density at radius 2 is 2.10 bits per heavy atom. The van der Waals surface area contributed by atoms with Gasteiger partial charge in [-0.15, -0.1) is 0 Å². The van der Waals surface area contributed by atoms with E-state index in [9.17, 15) is 0 Å². The summed E-state index contributed by atoms with van der Waals surface area (Å²) < 4.78 is 2.07. The Labute approximate surface area is 121 Å². The van der Waals surface area contributed by atoms with Crippen LogP contribution < -0.4 is 5.32 Å². The summed E-state index contributed by atoms with van der Waals surface area (Å²) in [7, 11) is 2.08. The molecule has 1 aromatic heterocycles. The topological polar surface area (TPSA) is 33.1 Å². The van der Waals surface area contributed by atoms with Crippen molar-refractivity contribution in [3.63, 3.8) is 0 Å². The summed E-state index contributed by atoms with van der Waals surface area (Å²) in [6.45, 7) is 2.63. The smallest absolute Gasteiger partial charge is 0.0540 e. The van der Waals surface area contributed by atoms with Gasteiger partial charge in [-0.3, -0.25) is 9.58 Å². The van der Waals surface area contributed by atoms with E-state index in [1.54, 1.807) is 0 Å². The highest BCUT2D eigenvalue weighted by Gasteiger charge is 2.37. The molecule has 0 amide bonds. The van der Waals surface area contributed by atoms with E-state index in [1.807, 2.05) is 0 Å². The van der Waals surface area contributed by atoms with Crippen LogP contribution >= 0.6 is 0 Å². The van der Waals surface area contributed by atoms with Crippen molar-refractivity contribution >= 4 is 0 Å². The molecule has 0 spiro atoms. The molecular weight excluding hydrogens is 248 g/mol. The van der Waals surface area contributed by atoms with Crippen LogP contribution in [0.3, 0.4) is 0 Å². The quantitative estimate of drug-likeness (QED) is 0.895. The Morgan fingerprint density at radius 1 is 1.15 bits per heavy atom. The van der Waals surface area contributed by atoms with Crippen molar-refractivity contribution in [1.82, 2.24) is 20.0 Å². The van der Waals surface area contributed by atoms with E-state index in [-0.39, 0.29) is 0 Å². The van der Waals surface area contributed by atoms with E-state index in [0.29, 0.717) is 12.1 Å². The normalized spacial score (nSPS) is 34.0. The van der Waals surface area contributed by atoms with Crippen molar-refractivity contribution in [2.75, 3.05) is 13.1 Å². The van der Waals surface area contributed by atoms with Gasteiger partial charge in [-0.1, -0.05) is 6.42 Å². The first kappa shape index (κ1) is 12.8. The molecular formula is C16H26N4. The third kappa shape index (κ3) is 2.09. The average molecular weight is 274 g/mol. The van der Waals surface area contributed by atoms with Gasteiger partial charge in [-0.05, 0) is 45.1 Å². The molecule has 0 bridgehead atoms. The summed E-state index contributed by atoms with van der Waals surface area (Å²) in [4.78, 5) is 2.72. The van der Waals surface area contributed by atoms with E-state index in [1.165, 1.54) is 69.3 Å². The number of nitrogens with one attached hydrogen (secondary N) is 1. The van der Waals surface area contributed by atoms with Gasteiger partial charge in [-0.2, -0.15) is 5.10 Å². The molecule has 4 rings (SSSR count). The Kier molecular flexibility index (Phi) is 3.31. The van der Waals surface area contributed by atoms with E-state index >= 15 is 0 Å². The first-order valence-corrected chi connectivity index (χ1v) is 8.34. The zero-order valence-electron chi connectivity index (χ0n) is 12.5. The lowest BCUT2D eigenvalue weighted by Gasteiger charge is -2.35. The second-order valence-electron chi connectivity index (χ2n) is 6.78. The summed E-state index contributed by atoms with van der Waals surface area (Å²) in [6, 6.07) is 2.04. The molecule has 3 atom stereocenters. The maximum atomic E-state index is 4.47. The fraction of sp³-hybridized carbons (Fsp3) is 0.812. The van der Waals surface area contributed by atoms with Gasteiger partial charge in [0.05, 0.1) is 6.20 Å². The maximum Gasteiger partial charge on any atom is 0.0540 e. The molecule has 4 heteroatoms. The predicted molar refractivity (Wildman–Crippen MR) is 79.6 cm³/mol. The highest BCUT2D eigenvalue weighted by atomic mass is 15.3. The van der Waals surface area contributed by atoms with Crippen LogP contribution in [-0.4, -0.2) is 39.9 Å². The molecule has 0 aromatic carbocycles. The van der Waals surface area contributed by atoms with Crippen LogP contribution in [0.15, 0.2) is 6.20 Å². The molecule has 1 aromatic rings. The molecule has 110 valence electrons. The van der Waals surface area contributed by atoms with Crippen LogP contribution in [0.1, 0.15) is 55.8 Å². The zero-order valence-corrected chi connectivity index (χ0v) is 12.5. The Bertz CT molecular complexity index is 481. The van der Waals surface area contributed by atoms with Gasteiger partial charge in [0.1, 0.15) is 0 Å². The highest BCUT2D eigenvalue weighted by Crippen LogP contribution is 2.33. The molecule has 3 unspecified atom stereocenters. The number of hydrogen-bond acceptors (Lipinski definition) is 3. The lowest BCUT2D eigenvalue weighted by Crippen LogP contribution is -2.46. The van der Waals surface area contributed by atoms with Crippen LogP contribution in [0, 0.1) is 0 Å². The minimum atomic E-state index is 0.541.